The molecule has 1 aromatic rings. The van der Waals surface area contributed by atoms with Gasteiger partial charge in [-0.05, 0) is 24.7 Å². The van der Waals surface area contributed by atoms with Gasteiger partial charge in [0.25, 0.3) is 0 Å². The van der Waals surface area contributed by atoms with Crippen molar-refractivity contribution in [3.8, 4) is 0 Å². The summed E-state index contributed by atoms with van der Waals surface area (Å²) in [5.74, 6) is -0.900. The van der Waals surface area contributed by atoms with Crippen LogP contribution in [0.3, 0.4) is 0 Å². The van der Waals surface area contributed by atoms with E-state index in [4.69, 9.17) is 10.5 Å². The number of thiazole rings is 1. The maximum atomic E-state index is 13.6. The zero-order valence-electron chi connectivity index (χ0n) is 21.5. The maximum Gasteiger partial charge on any atom is 0.355 e. The van der Waals surface area contributed by atoms with Crippen molar-refractivity contribution in [1.82, 2.24) is 9.88 Å². The molecule has 9 heteroatoms. The zero-order valence-corrected chi connectivity index (χ0v) is 22.4. The monoisotopic (exact) mass is 499 g/mol. The van der Waals surface area contributed by atoms with Crippen molar-refractivity contribution in [1.29, 1.82) is 0 Å². The van der Waals surface area contributed by atoms with Crippen LogP contribution in [0.1, 0.15) is 101 Å². The van der Waals surface area contributed by atoms with E-state index in [9.17, 15) is 19.8 Å². The quantitative estimate of drug-likeness (QED) is 0.254. The number of aromatic carboxylic acids is 1. The number of hydrogen-bond donors (Lipinski definition) is 3. The fourth-order valence-corrected chi connectivity index (χ4v) is 4.73. The Morgan fingerprint density at radius 3 is 2.41 bits per heavy atom. The van der Waals surface area contributed by atoms with Crippen LogP contribution in [0.25, 0.3) is 0 Å². The van der Waals surface area contributed by atoms with Crippen molar-refractivity contribution in [2.45, 2.75) is 97.8 Å². The Balaban J connectivity index is 3.23. The average Bonchev–Trinajstić information content (AvgIpc) is 3.31. The molecule has 0 aliphatic rings. The number of carboxylic acids is 1. The first-order chi connectivity index (χ1) is 16.2. The topological polar surface area (TPSA) is 126 Å². The van der Waals surface area contributed by atoms with Crippen molar-refractivity contribution in [2.24, 2.45) is 17.6 Å². The lowest BCUT2D eigenvalue weighted by Crippen LogP contribution is -2.53. The van der Waals surface area contributed by atoms with Gasteiger partial charge in [-0.3, -0.25) is 4.79 Å². The summed E-state index contributed by atoms with van der Waals surface area (Å²) in [6.45, 7) is 11.3. The molecule has 4 N–H and O–H groups in total. The Kier molecular flexibility index (Phi) is 14.5. The first-order valence-electron chi connectivity index (χ1n) is 12.6. The van der Waals surface area contributed by atoms with Gasteiger partial charge >= 0.3 is 5.97 Å². The Labute approximate surface area is 208 Å². The van der Waals surface area contributed by atoms with Crippen LogP contribution in [0.4, 0.5) is 0 Å². The minimum absolute atomic E-state index is 0.00434. The molecule has 34 heavy (non-hydrogen) atoms. The molecule has 8 nitrogen and oxygen atoms in total. The average molecular weight is 500 g/mol. The Bertz CT molecular complexity index is 727. The number of aliphatic hydroxyl groups excluding tert-OH is 1. The van der Waals surface area contributed by atoms with Gasteiger partial charge in [0.1, 0.15) is 11.1 Å². The van der Waals surface area contributed by atoms with Gasteiger partial charge in [-0.15, -0.1) is 11.3 Å². The fraction of sp³-hybridized carbons (Fsp3) is 0.800. The van der Waals surface area contributed by atoms with Crippen LogP contribution in [0.2, 0.25) is 0 Å². The molecule has 0 aromatic carbocycles. The van der Waals surface area contributed by atoms with Crippen LogP contribution >= 0.6 is 11.3 Å². The van der Waals surface area contributed by atoms with E-state index in [1.54, 1.807) is 0 Å². The van der Waals surface area contributed by atoms with Crippen LogP contribution in [-0.2, 0) is 9.53 Å². The molecule has 0 radical (unpaired) electrons. The summed E-state index contributed by atoms with van der Waals surface area (Å²) in [5.41, 5.74) is 6.38. The van der Waals surface area contributed by atoms with Crippen LogP contribution < -0.4 is 5.73 Å². The molecule has 0 fully saturated rings. The molecular formula is C25H45N3O5S. The lowest BCUT2D eigenvalue weighted by atomic mass is 9.92. The van der Waals surface area contributed by atoms with E-state index in [0.717, 1.165) is 32.1 Å². The molecule has 0 spiro atoms. The minimum atomic E-state index is -1.08. The minimum Gasteiger partial charge on any atom is -0.476 e. The van der Waals surface area contributed by atoms with Crippen molar-refractivity contribution < 1.29 is 24.5 Å². The number of ether oxygens (including phenoxy) is 1. The SMILES string of the molecule is CCCCCCN(C(=O)[C@@H](N)[C@@H](C)CC)[C@H](C[C@@H](OCCCO)c1nc(C(=O)O)cs1)C(C)C. The Hall–Kier alpha value is -1.55. The standard InChI is InChI=1S/C25H45N3O5S/c1-6-8-9-10-12-28(24(30)22(26)18(5)7-2)20(17(3)4)15-21(33-14-11-13-29)23-27-19(16-34-23)25(31)32/h16-18,20-22,29H,6-15,26H2,1-5H3,(H,31,32)/t18-,20+,21+,22-/m0/s1. The van der Waals surface area contributed by atoms with Crippen LogP contribution in [0.15, 0.2) is 5.38 Å². The van der Waals surface area contributed by atoms with Crippen molar-refractivity contribution in [2.75, 3.05) is 19.8 Å². The van der Waals surface area contributed by atoms with E-state index in [-0.39, 0.29) is 36.1 Å². The number of nitrogens with two attached hydrogens (primary N) is 1. The highest BCUT2D eigenvalue weighted by atomic mass is 32.1. The van der Waals surface area contributed by atoms with Crippen molar-refractivity contribution >= 4 is 23.2 Å². The number of amides is 1. The summed E-state index contributed by atoms with van der Waals surface area (Å²) in [6.07, 6.45) is 5.51. The normalized spacial score (nSPS) is 15.2. The summed E-state index contributed by atoms with van der Waals surface area (Å²) in [6, 6.07) is -0.704. The van der Waals surface area contributed by atoms with Gasteiger partial charge in [-0.25, -0.2) is 9.78 Å². The van der Waals surface area contributed by atoms with E-state index in [0.29, 0.717) is 31.0 Å². The number of nitrogens with zero attached hydrogens (tertiary/aromatic N) is 2. The third kappa shape index (κ3) is 9.60. The predicted molar refractivity (Wildman–Crippen MR) is 136 cm³/mol. The molecule has 1 rings (SSSR count). The lowest BCUT2D eigenvalue weighted by molar-refractivity contribution is -0.138. The van der Waals surface area contributed by atoms with Crippen LogP contribution in [0, 0.1) is 11.8 Å². The number of aliphatic hydroxyl groups is 1. The second-order valence-electron chi connectivity index (χ2n) is 9.36. The summed E-state index contributed by atoms with van der Waals surface area (Å²) in [7, 11) is 0. The second kappa shape index (κ2) is 16.2. The molecule has 1 heterocycles. The number of carbonyl (C=O) groups is 2. The Morgan fingerprint density at radius 1 is 1.18 bits per heavy atom. The number of carbonyl (C=O) groups excluding carboxylic acids is 1. The van der Waals surface area contributed by atoms with E-state index in [2.05, 4.69) is 25.8 Å². The number of unbranched alkanes of at least 4 members (excludes halogenated alkanes) is 3. The summed E-state index contributed by atoms with van der Waals surface area (Å²) in [5, 5.41) is 20.6. The molecule has 4 atom stereocenters. The largest absolute Gasteiger partial charge is 0.476 e. The van der Waals surface area contributed by atoms with E-state index >= 15 is 0 Å². The molecule has 0 bridgehead atoms. The number of rotatable bonds is 18. The summed E-state index contributed by atoms with van der Waals surface area (Å²) < 4.78 is 6.07. The van der Waals surface area contributed by atoms with Gasteiger partial charge in [0.15, 0.2) is 5.69 Å². The molecule has 0 unspecified atom stereocenters. The van der Waals surface area contributed by atoms with E-state index < -0.39 is 18.1 Å². The van der Waals surface area contributed by atoms with Gasteiger partial charge in [0.05, 0.1) is 6.04 Å². The number of carboxylic acid groups (broad SMARTS) is 1. The summed E-state index contributed by atoms with van der Waals surface area (Å²) in [4.78, 5) is 31.1. The Morgan fingerprint density at radius 2 is 1.88 bits per heavy atom. The highest BCUT2D eigenvalue weighted by Crippen LogP contribution is 2.31. The summed E-state index contributed by atoms with van der Waals surface area (Å²) >= 11 is 1.25. The molecule has 1 aromatic heterocycles. The molecule has 0 saturated heterocycles. The molecule has 0 saturated carbocycles. The molecule has 0 aliphatic heterocycles. The number of hydrogen-bond acceptors (Lipinski definition) is 7. The smallest absolute Gasteiger partial charge is 0.355 e. The van der Waals surface area contributed by atoms with E-state index in [1.807, 2.05) is 18.7 Å². The van der Waals surface area contributed by atoms with Gasteiger partial charge in [-0.2, -0.15) is 0 Å². The molecular weight excluding hydrogens is 454 g/mol. The number of aromatic nitrogens is 1. The molecule has 0 aliphatic carbocycles. The van der Waals surface area contributed by atoms with Crippen molar-refractivity contribution in [3.63, 3.8) is 0 Å². The highest BCUT2D eigenvalue weighted by molar-refractivity contribution is 7.09. The maximum absolute atomic E-state index is 13.6. The van der Waals surface area contributed by atoms with Crippen molar-refractivity contribution in [3.05, 3.63) is 16.1 Å². The van der Waals surface area contributed by atoms with Crippen LogP contribution in [0.5, 0.6) is 0 Å². The van der Waals surface area contributed by atoms with Gasteiger partial charge in [-0.1, -0.05) is 60.3 Å². The van der Waals surface area contributed by atoms with Gasteiger partial charge < -0.3 is 25.6 Å². The zero-order chi connectivity index (χ0) is 25.7. The molecule has 196 valence electrons. The van der Waals surface area contributed by atoms with E-state index in [1.165, 1.54) is 16.7 Å². The van der Waals surface area contributed by atoms with Gasteiger partial charge in [0, 0.05) is 37.6 Å². The first kappa shape index (κ1) is 30.5. The lowest BCUT2D eigenvalue weighted by Gasteiger charge is -2.38. The molecule has 1 amide bonds. The fourth-order valence-electron chi connectivity index (χ4n) is 3.88. The first-order valence-corrected chi connectivity index (χ1v) is 13.5. The predicted octanol–water partition coefficient (Wildman–Crippen LogP) is 4.48. The second-order valence-corrected chi connectivity index (χ2v) is 10.3. The third-order valence-corrected chi connectivity index (χ3v) is 7.28. The highest BCUT2D eigenvalue weighted by Gasteiger charge is 2.34. The van der Waals surface area contributed by atoms with Gasteiger partial charge in [0.2, 0.25) is 5.91 Å². The van der Waals surface area contributed by atoms with Crippen LogP contribution in [-0.4, -0.2) is 63.8 Å². The third-order valence-electron chi connectivity index (χ3n) is 6.34.